The molecule has 0 spiro atoms. The zero-order valence-electron chi connectivity index (χ0n) is 8.80. The molecule has 0 aliphatic heterocycles. The molecule has 5 nitrogen and oxygen atoms in total. The van der Waals surface area contributed by atoms with E-state index in [1.165, 1.54) is 12.5 Å². The van der Waals surface area contributed by atoms with E-state index in [0.717, 1.165) is 5.69 Å². The Morgan fingerprint density at radius 3 is 2.82 bits per heavy atom. The highest BCUT2D eigenvalue weighted by molar-refractivity contribution is 6.29. The first-order valence-electron chi connectivity index (χ1n) is 4.90. The van der Waals surface area contributed by atoms with Crippen molar-refractivity contribution < 1.29 is 4.79 Å². The quantitative estimate of drug-likeness (QED) is 0.835. The monoisotopic (exact) mass is 248 g/mol. The summed E-state index contributed by atoms with van der Waals surface area (Å²) < 4.78 is 0. The second kappa shape index (κ2) is 5.36. The van der Waals surface area contributed by atoms with Crippen molar-refractivity contribution in [3.8, 4) is 0 Å². The molecule has 2 heterocycles. The van der Waals surface area contributed by atoms with E-state index in [1.807, 2.05) is 0 Å². The third-order valence-corrected chi connectivity index (χ3v) is 2.29. The zero-order valence-corrected chi connectivity index (χ0v) is 9.55. The van der Waals surface area contributed by atoms with Crippen LogP contribution in [-0.4, -0.2) is 20.9 Å². The number of hydrogen-bond donors (Lipinski definition) is 1. The average molecular weight is 249 g/mol. The van der Waals surface area contributed by atoms with Crippen molar-refractivity contribution in [1.82, 2.24) is 20.3 Å². The summed E-state index contributed by atoms with van der Waals surface area (Å²) in [6.07, 6.45) is 4.49. The summed E-state index contributed by atoms with van der Waals surface area (Å²) in [5, 5.41) is 3.08. The molecule has 6 heteroatoms. The van der Waals surface area contributed by atoms with E-state index in [1.54, 1.807) is 24.4 Å². The van der Waals surface area contributed by atoms with Gasteiger partial charge in [-0.15, -0.1) is 0 Å². The topological polar surface area (TPSA) is 67.8 Å². The standard InChI is InChI=1S/C11H9ClN4O/c12-10-2-1-8(5-14-10)11(17)15-6-9-3-4-13-7-16-9/h1-5,7H,6H2,(H,15,17). The molecule has 0 atom stereocenters. The van der Waals surface area contributed by atoms with Crippen molar-refractivity contribution >= 4 is 17.5 Å². The van der Waals surface area contributed by atoms with Crippen LogP contribution in [0, 0.1) is 0 Å². The van der Waals surface area contributed by atoms with E-state index in [2.05, 4.69) is 20.3 Å². The smallest absolute Gasteiger partial charge is 0.253 e. The maximum Gasteiger partial charge on any atom is 0.253 e. The van der Waals surface area contributed by atoms with E-state index in [9.17, 15) is 4.79 Å². The van der Waals surface area contributed by atoms with Crippen LogP contribution in [-0.2, 0) is 6.54 Å². The normalized spacial score (nSPS) is 9.94. The molecule has 0 bridgehead atoms. The van der Waals surface area contributed by atoms with Gasteiger partial charge in [0.15, 0.2) is 0 Å². The zero-order chi connectivity index (χ0) is 12.1. The number of carbonyl (C=O) groups is 1. The number of nitrogens with one attached hydrogen (secondary N) is 1. The van der Waals surface area contributed by atoms with Crippen molar-refractivity contribution in [3.05, 3.63) is 53.3 Å². The summed E-state index contributed by atoms with van der Waals surface area (Å²) in [6.45, 7) is 0.351. The Morgan fingerprint density at radius 2 is 2.18 bits per heavy atom. The summed E-state index contributed by atoms with van der Waals surface area (Å²) in [4.78, 5) is 23.3. The molecule has 2 rings (SSSR count). The van der Waals surface area contributed by atoms with Gasteiger partial charge in [0.05, 0.1) is 17.8 Å². The molecule has 0 fully saturated rings. The van der Waals surface area contributed by atoms with E-state index in [0.29, 0.717) is 17.3 Å². The molecule has 0 aromatic carbocycles. The van der Waals surface area contributed by atoms with Crippen molar-refractivity contribution in [1.29, 1.82) is 0 Å². The van der Waals surface area contributed by atoms with Gasteiger partial charge in [0.1, 0.15) is 11.5 Å². The molecule has 0 saturated heterocycles. The van der Waals surface area contributed by atoms with E-state index >= 15 is 0 Å². The van der Waals surface area contributed by atoms with Crippen LogP contribution in [0.25, 0.3) is 0 Å². The van der Waals surface area contributed by atoms with Crippen molar-refractivity contribution in [3.63, 3.8) is 0 Å². The highest BCUT2D eigenvalue weighted by atomic mass is 35.5. The molecule has 0 unspecified atom stereocenters. The molecular formula is C11H9ClN4O. The van der Waals surface area contributed by atoms with E-state index < -0.39 is 0 Å². The number of amides is 1. The second-order valence-electron chi connectivity index (χ2n) is 3.25. The van der Waals surface area contributed by atoms with Crippen LogP contribution in [0.15, 0.2) is 36.9 Å². The lowest BCUT2D eigenvalue weighted by molar-refractivity contribution is 0.0950. The summed E-state index contributed by atoms with van der Waals surface area (Å²) in [7, 11) is 0. The number of aromatic nitrogens is 3. The van der Waals surface area contributed by atoms with Crippen LogP contribution in [0.5, 0.6) is 0 Å². The number of nitrogens with zero attached hydrogens (tertiary/aromatic N) is 3. The fraction of sp³-hybridized carbons (Fsp3) is 0.0909. The molecule has 0 aliphatic carbocycles. The summed E-state index contributed by atoms with van der Waals surface area (Å²) in [5.74, 6) is -0.215. The van der Waals surface area contributed by atoms with Crippen LogP contribution in [0.2, 0.25) is 5.15 Å². The molecule has 1 N–H and O–H groups in total. The van der Waals surface area contributed by atoms with Gasteiger partial charge in [0.25, 0.3) is 5.91 Å². The molecule has 0 aliphatic rings. The number of pyridine rings is 1. The van der Waals surface area contributed by atoms with Crippen LogP contribution >= 0.6 is 11.6 Å². The number of carbonyl (C=O) groups excluding carboxylic acids is 1. The highest BCUT2D eigenvalue weighted by Gasteiger charge is 2.05. The summed E-state index contributed by atoms with van der Waals surface area (Å²) in [6, 6.07) is 4.92. The minimum Gasteiger partial charge on any atom is -0.346 e. The molecule has 0 saturated carbocycles. The van der Waals surface area contributed by atoms with Gasteiger partial charge in [-0.2, -0.15) is 0 Å². The lowest BCUT2D eigenvalue weighted by Gasteiger charge is -2.03. The largest absolute Gasteiger partial charge is 0.346 e. The minimum atomic E-state index is -0.215. The molecule has 86 valence electrons. The molecule has 2 aromatic heterocycles. The molecule has 2 aromatic rings. The Kier molecular flexibility index (Phi) is 3.62. The van der Waals surface area contributed by atoms with Gasteiger partial charge in [-0.05, 0) is 18.2 Å². The first kappa shape index (κ1) is 11.5. The fourth-order valence-corrected chi connectivity index (χ4v) is 1.32. The van der Waals surface area contributed by atoms with Crippen LogP contribution in [0.1, 0.15) is 16.1 Å². The predicted octanol–water partition coefficient (Wildman–Crippen LogP) is 1.46. The third kappa shape index (κ3) is 3.22. The Balaban J connectivity index is 1.96. The first-order chi connectivity index (χ1) is 8.25. The Hall–Kier alpha value is -2.01. The number of rotatable bonds is 3. The molecule has 1 amide bonds. The van der Waals surface area contributed by atoms with Gasteiger partial charge in [0, 0.05) is 12.4 Å². The van der Waals surface area contributed by atoms with Crippen LogP contribution in [0.4, 0.5) is 0 Å². The van der Waals surface area contributed by atoms with Crippen LogP contribution in [0.3, 0.4) is 0 Å². The summed E-state index contributed by atoms with van der Waals surface area (Å²) >= 11 is 5.63. The molecule has 17 heavy (non-hydrogen) atoms. The van der Waals surface area contributed by atoms with Crippen LogP contribution < -0.4 is 5.32 Å². The number of hydrogen-bond acceptors (Lipinski definition) is 4. The highest BCUT2D eigenvalue weighted by Crippen LogP contribution is 2.05. The van der Waals surface area contributed by atoms with E-state index in [4.69, 9.17) is 11.6 Å². The molecular weight excluding hydrogens is 240 g/mol. The number of halogens is 1. The minimum absolute atomic E-state index is 0.215. The van der Waals surface area contributed by atoms with E-state index in [-0.39, 0.29) is 5.91 Å². The molecule has 0 radical (unpaired) electrons. The van der Waals surface area contributed by atoms with Gasteiger partial charge < -0.3 is 5.32 Å². The lowest BCUT2D eigenvalue weighted by Crippen LogP contribution is -2.23. The Labute approximate surface area is 103 Å². The Bertz CT molecular complexity index is 501. The third-order valence-electron chi connectivity index (χ3n) is 2.06. The predicted molar refractivity (Wildman–Crippen MR) is 62.4 cm³/mol. The fourth-order valence-electron chi connectivity index (χ4n) is 1.21. The van der Waals surface area contributed by atoms with Crippen molar-refractivity contribution in [2.45, 2.75) is 6.54 Å². The average Bonchev–Trinajstić information content (AvgIpc) is 2.38. The lowest BCUT2D eigenvalue weighted by atomic mass is 10.2. The first-order valence-corrected chi connectivity index (χ1v) is 5.28. The maximum absolute atomic E-state index is 11.7. The van der Waals surface area contributed by atoms with Gasteiger partial charge in [-0.3, -0.25) is 4.79 Å². The Morgan fingerprint density at radius 1 is 1.29 bits per heavy atom. The van der Waals surface area contributed by atoms with Gasteiger partial charge in [-0.1, -0.05) is 11.6 Å². The van der Waals surface area contributed by atoms with Gasteiger partial charge in [-0.25, -0.2) is 15.0 Å². The second-order valence-corrected chi connectivity index (χ2v) is 3.64. The van der Waals surface area contributed by atoms with Crippen molar-refractivity contribution in [2.24, 2.45) is 0 Å². The SMILES string of the molecule is O=C(NCc1ccncn1)c1ccc(Cl)nc1. The van der Waals surface area contributed by atoms with Crippen molar-refractivity contribution in [2.75, 3.05) is 0 Å². The van der Waals surface area contributed by atoms with Gasteiger partial charge in [0.2, 0.25) is 0 Å². The van der Waals surface area contributed by atoms with Gasteiger partial charge >= 0.3 is 0 Å². The maximum atomic E-state index is 11.7. The summed E-state index contributed by atoms with van der Waals surface area (Å²) in [5.41, 5.74) is 1.21.